The van der Waals surface area contributed by atoms with Gasteiger partial charge < -0.3 is 5.11 Å². The summed E-state index contributed by atoms with van der Waals surface area (Å²) >= 11 is 1.17. The van der Waals surface area contributed by atoms with Gasteiger partial charge in [0, 0.05) is 29.1 Å². The van der Waals surface area contributed by atoms with E-state index in [0.29, 0.717) is 22.9 Å². The number of aryl methyl sites for hydroxylation is 2. The fourth-order valence-electron chi connectivity index (χ4n) is 4.34. The first-order valence-corrected chi connectivity index (χ1v) is 14.4. The molecular formula is C29H23N5O4S2. The Morgan fingerprint density at radius 3 is 2.40 bits per heavy atom. The number of thiazole rings is 1. The van der Waals surface area contributed by atoms with Crippen LogP contribution in [0.25, 0.3) is 32.4 Å². The zero-order chi connectivity index (χ0) is 28.6. The molecular weight excluding hydrogens is 546 g/mol. The topological polar surface area (TPSA) is 133 Å². The minimum absolute atomic E-state index is 0.0243. The van der Waals surface area contributed by atoms with Crippen molar-refractivity contribution in [2.75, 3.05) is 0 Å². The number of hydrogen-bond acceptors (Lipinski definition) is 6. The lowest BCUT2D eigenvalue weighted by Gasteiger charge is -2.11. The molecule has 3 aromatic carbocycles. The van der Waals surface area contributed by atoms with Crippen LogP contribution in [0.1, 0.15) is 32.7 Å². The Balaban J connectivity index is 1.62. The van der Waals surface area contributed by atoms with Crippen molar-refractivity contribution in [3.63, 3.8) is 0 Å². The van der Waals surface area contributed by atoms with Gasteiger partial charge in [-0.25, -0.2) is 32.9 Å². The number of carboxylic acid groups (broad SMARTS) is 1. The van der Waals surface area contributed by atoms with E-state index >= 15 is 0 Å². The molecule has 0 aliphatic carbocycles. The van der Waals surface area contributed by atoms with Crippen molar-refractivity contribution in [1.82, 2.24) is 14.8 Å². The quantitative estimate of drug-likeness (QED) is 0.239. The largest absolute Gasteiger partial charge is 0.476 e. The fraction of sp³-hybridized carbons (Fsp3) is 0.103. The summed E-state index contributed by atoms with van der Waals surface area (Å²) in [7, 11) is -3.81. The molecule has 11 heteroatoms. The molecule has 2 aromatic heterocycles. The van der Waals surface area contributed by atoms with E-state index in [2.05, 4.69) is 9.83 Å². The summed E-state index contributed by atoms with van der Waals surface area (Å²) in [5.74, 6) is -1.12. The highest BCUT2D eigenvalue weighted by Gasteiger charge is 2.18. The average Bonchev–Trinajstić information content (AvgIpc) is 3.57. The van der Waals surface area contributed by atoms with Gasteiger partial charge in [0.2, 0.25) is 15.2 Å². The molecule has 9 nitrogen and oxygen atoms in total. The molecule has 5 aromatic rings. The maximum atomic E-state index is 11.7. The Bertz CT molecular complexity index is 1920. The number of carbonyl (C=O) groups is 1. The molecule has 0 unspecified atom stereocenters. The number of nitrogens with zero attached hydrogens (tertiary/aromatic N) is 4. The van der Waals surface area contributed by atoms with E-state index in [-0.39, 0.29) is 10.6 Å². The molecule has 5 rings (SSSR count). The highest BCUT2D eigenvalue weighted by Crippen LogP contribution is 2.34. The third-order valence-corrected chi connectivity index (χ3v) is 8.25. The molecule has 0 bridgehead atoms. The number of benzene rings is 3. The monoisotopic (exact) mass is 569 g/mol. The number of rotatable bonds is 7. The third-order valence-electron chi connectivity index (χ3n) is 6.50. The normalized spacial score (nSPS) is 11.3. The summed E-state index contributed by atoms with van der Waals surface area (Å²) in [6.07, 6.45) is 2.23. The molecule has 0 saturated heterocycles. The van der Waals surface area contributed by atoms with Crippen LogP contribution in [0.15, 0.2) is 77.1 Å². The minimum atomic E-state index is -3.81. The van der Waals surface area contributed by atoms with E-state index in [9.17, 15) is 18.3 Å². The Kier molecular flexibility index (Phi) is 7.08. The Morgan fingerprint density at radius 2 is 1.75 bits per heavy atom. The van der Waals surface area contributed by atoms with E-state index in [1.807, 2.05) is 50.2 Å². The van der Waals surface area contributed by atoms with Crippen molar-refractivity contribution in [3.05, 3.63) is 112 Å². The molecule has 3 N–H and O–H groups in total. The van der Waals surface area contributed by atoms with Crippen LogP contribution in [0.4, 0.5) is 5.69 Å². The van der Waals surface area contributed by atoms with Gasteiger partial charge in [0.1, 0.15) is 0 Å². The lowest BCUT2D eigenvalue weighted by molar-refractivity contribution is 0.0691. The van der Waals surface area contributed by atoms with Crippen molar-refractivity contribution >= 4 is 33.0 Å². The highest BCUT2D eigenvalue weighted by atomic mass is 32.2. The van der Waals surface area contributed by atoms with Gasteiger partial charge in [-0.15, -0.1) is 11.3 Å². The van der Waals surface area contributed by atoms with Gasteiger partial charge in [0.25, 0.3) is 0 Å². The van der Waals surface area contributed by atoms with Crippen LogP contribution >= 0.6 is 11.3 Å². The van der Waals surface area contributed by atoms with Gasteiger partial charge >= 0.3 is 5.97 Å². The van der Waals surface area contributed by atoms with Crippen molar-refractivity contribution in [3.8, 4) is 27.5 Å². The number of nitrogens with two attached hydrogens (primary N) is 1. The van der Waals surface area contributed by atoms with Gasteiger partial charge in [-0.2, -0.15) is 5.10 Å². The second-order valence-corrected chi connectivity index (χ2v) is 11.7. The van der Waals surface area contributed by atoms with E-state index in [1.54, 1.807) is 23.0 Å². The number of sulfonamides is 1. The lowest BCUT2D eigenvalue weighted by Crippen LogP contribution is -2.11. The smallest absolute Gasteiger partial charge is 0.355 e. The first kappa shape index (κ1) is 27.0. The van der Waals surface area contributed by atoms with Gasteiger partial charge in [0.15, 0.2) is 11.4 Å². The third kappa shape index (κ3) is 5.41. The highest BCUT2D eigenvalue weighted by molar-refractivity contribution is 7.89. The molecule has 0 fully saturated rings. The fourth-order valence-corrected chi connectivity index (χ4v) is 5.58. The second-order valence-electron chi connectivity index (χ2n) is 9.28. The zero-order valence-corrected chi connectivity index (χ0v) is 23.1. The predicted octanol–water partition coefficient (Wildman–Crippen LogP) is 5.77. The molecule has 0 aliphatic heterocycles. The van der Waals surface area contributed by atoms with E-state index in [4.69, 9.17) is 16.8 Å². The lowest BCUT2D eigenvalue weighted by atomic mass is 9.94. The van der Waals surface area contributed by atoms with Crippen LogP contribution < -0.4 is 5.14 Å². The van der Waals surface area contributed by atoms with Gasteiger partial charge in [-0.3, -0.25) is 0 Å². The molecule has 2 heterocycles. The van der Waals surface area contributed by atoms with E-state index in [1.165, 1.54) is 28.8 Å². The van der Waals surface area contributed by atoms with Crippen molar-refractivity contribution < 1.29 is 18.3 Å². The average molecular weight is 570 g/mol. The predicted molar refractivity (Wildman–Crippen MR) is 153 cm³/mol. The molecule has 0 spiro atoms. The minimum Gasteiger partial charge on any atom is -0.476 e. The standard InChI is InChI=1S/C29H23N5O4S2/c1-17-4-9-21(13-24(17)20-8-5-18(2)25(14-20)31-3)27-22(12-19-6-10-23(11-7-19)40(30,37)38)15-34(33-27)29-32-26(16-39-29)28(35)36/h4-11,13-16H,12H2,1-2H3,(H,35,36)(H2,30,37,38). The summed E-state index contributed by atoms with van der Waals surface area (Å²) in [6, 6.07) is 18.1. The first-order valence-electron chi connectivity index (χ1n) is 12.0. The molecule has 0 saturated carbocycles. The summed E-state index contributed by atoms with van der Waals surface area (Å²) in [5, 5.41) is 21.2. The Hall–Kier alpha value is -4.63. The van der Waals surface area contributed by atoms with E-state index in [0.717, 1.165) is 38.9 Å². The summed E-state index contributed by atoms with van der Waals surface area (Å²) in [5.41, 5.74) is 7.52. The van der Waals surface area contributed by atoms with Crippen LogP contribution in [0.3, 0.4) is 0 Å². The van der Waals surface area contributed by atoms with Crippen LogP contribution in [0.5, 0.6) is 0 Å². The number of aromatic nitrogens is 3. The summed E-state index contributed by atoms with van der Waals surface area (Å²) in [6.45, 7) is 11.4. The van der Waals surface area contributed by atoms with E-state index < -0.39 is 16.0 Å². The molecule has 0 atom stereocenters. The van der Waals surface area contributed by atoms with Gasteiger partial charge in [-0.05, 0) is 65.9 Å². The summed E-state index contributed by atoms with van der Waals surface area (Å²) in [4.78, 5) is 19.3. The van der Waals surface area contributed by atoms with Gasteiger partial charge in [0.05, 0.1) is 17.2 Å². The van der Waals surface area contributed by atoms with Crippen molar-refractivity contribution in [1.29, 1.82) is 0 Å². The maximum absolute atomic E-state index is 11.7. The number of hydrogen-bond donors (Lipinski definition) is 2. The molecule has 40 heavy (non-hydrogen) atoms. The number of aromatic carboxylic acids is 1. The molecule has 200 valence electrons. The van der Waals surface area contributed by atoms with Crippen molar-refractivity contribution in [2.24, 2.45) is 5.14 Å². The van der Waals surface area contributed by atoms with Crippen molar-refractivity contribution in [2.45, 2.75) is 25.2 Å². The molecule has 0 amide bonds. The molecule has 0 aliphatic rings. The second kappa shape index (κ2) is 10.5. The summed E-state index contributed by atoms with van der Waals surface area (Å²) < 4.78 is 24.9. The van der Waals surface area contributed by atoms with Crippen LogP contribution in [-0.2, 0) is 16.4 Å². The van der Waals surface area contributed by atoms with Crippen LogP contribution in [0.2, 0.25) is 0 Å². The van der Waals surface area contributed by atoms with Crippen LogP contribution in [-0.4, -0.2) is 34.3 Å². The van der Waals surface area contributed by atoms with Gasteiger partial charge in [-0.1, -0.05) is 36.4 Å². The Labute approximate surface area is 235 Å². The first-order chi connectivity index (χ1) is 19.0. The van der Waals surface area contributed by atoms with Crippen LogP contribution in [0, 0.1) is 20.4 Å². The SMILES string of the molecule is [C-]#[N+]c1cc(-c2cc(-c3nn(-c4nc(C(=O)O)cs4)cc3Cc3ccc(S(N)(=O)=O)cc3)ccc2C)ccc1C. The number of primary sulfonamides is 1. The molecule has 0 radical (unpaired) electrons. The Morgan fingerprint density at radius 1 is 1.05 bits per heavy atom. The number of carboxylic acids is 1. The maximum Gasteiger partial charge on any atom is 0.355 e. The zero-order valence-electron chi connectivity index (χ0n) is 21.5.